The van der Waals surface area contributed by atoms with E-state index in [1.165, 1.54) is 41.9 Å². The number of pyridine rings is 1. The fraction of sp³-hybridized carbons (Fsp3) is 0.600. The second-order valence-corrected chi connectivity index (χ2v) is 13.3. The number of carbonyl (C=O) groups is 3. The van der Waals surface area contributed by atoms with Crippen LogP contribution >= 0.6 is 11.8 Å². The summed E-state index contributed by atoms with van der Waals surface area (Å²) in [6.45, 7) is 7.27. The minimum Gasteiger partial charge on any atom is -0.354 e. The molecule has 1 unspecified atom stereocenters. The molecule has 1 aromatic rings. The van der Waals surface area contributed by atoms with Gasteiger partial charge < -0.3 is 10.6 Å². The van der Waals surface area contributed by atoms with Crippen LogP contribution in [0.4, 0.5) is 0 Å². The van der Waals surface area contributed by atoms with Crippen molar-refractivity contribution in [1.29, 1.82) is 0 Å². The number of nitrogens with one attached hydrogen (secondary N) is 2. The third-order valence-electron chi connectivity index (χ3n) is 7.43. The van der Waals surface area contributed by atoms with Gasteiger partial charge in [-0.2, -0.15) is 4.31 Å². The molecule has 0 bridgehead atoms. The standard InChI is InChI=1S/C30H46N4O6S2/c1-6-7-17-33(42(38,39)28-15-11-12-18-34(28)40-4)22-27(35)24(3)21-31-30(37)26(20-25-13-9-8-10-14-25)32-29(36)23(2)16-19-41-5/h11-12,15-16,18-19,24-26H,2,6-10,13-14,17,20-22H2,1,3-5H3,(H-,31,32,36,37)/p+1/b19-16-/t24?,26-/m0/s1. The van der Waals surface area contributed by atoms with E-state index in [4.69, 9.17) is 4.84 Å². The fourth-order valence-corrected chi connectivity index (χ4v) is 6.64. The summed E-state index contributed by atoms with van der Waals surface area (Å²) in [4.78, 5) is 44.4. The number of hydrogen-bond acceptors (Lipinski definition) is 7. The van der Waals surface area contributed by atoms with Crippen molar-refractivity contribution < 1.29 is 32.4 Å². The molecule has 0 spiro atoms. The summed E-state index contributed by atoms with van der Waals surface area (Å²) in [6, 6.07) is 3.91. The van der Waals surface area contributed by atoms with Gasteiger partial charge in [-0.05, 0) is 42.6 Å². The van der Waals surface area contributed by atoms with Crippen molar-refractivity contribution in [2.45, 2.75) is 76.3 Å². The molecular formula is C30H47N4O6S2+. The first-order valence-corrected chi connectivity index (χ1v) is 17.3. The number of carbonyl (C=O) groups excluding carboxylic acids is 3. The molecule has 1 fully saturated rings. The van der Waals surface area contributed by atoms with Gasteiger partial charge in [0.1, 0.15) is 13.2 Å². The maximum Gasteiger partial charge on any atom is 0.362 e. The molecule has 1 aromatic heterocycles. The highest BCUT2D eigenvalue weighted by atomic mass is 32.2. The van der Waals surface area contributed by atoms with Crippen molar-refractivity contribution >= 4 is 39.4 Å². The number of nitrogens with zero attached hydrogens (tertiary/aromatic N) is 2. The minimum absolute atomic E-state index is 0.0209. The average Bonchev–Trinajstić information content (AvgIpc) is 3.00. The van der Waals surface area contributed by atoms with Gasteiger partial charge in [0, 0.05) is 41.4 Å². The molecule has 2 N–H and O–H groups in total. The van der Waals surface area contributed by atoms with Crippen LogP contribution in [0, 0.1) is 11.8 Å². The van der Waals surface area contributed by atoms with Gasteiger partial charge >= 0.3 is 15.0 Å². The van der Waals surface area contributed by atoms with Crippen LogP contribution < -0.4 is 20.2 Å². The summed E-state index contributed by atoms with van der Waals surface area (Å²) >= 11 is 1.44. The number of amides is 2. The summed E-state index contributed by atoms with van der Waals surface area (Å²) in [5, 5.41) is 7.34. The molecule has 2 atom stereocenters. The Hall–Kier alpha value is -2.70. The largest absolute Gasteiger partial charge is 0.362 e. The van der Waals surface area contributed by atoms with Crippen LogP contribution in [-0.2, 0) is 24.4 Å². The lowest BCUT2D eigenvalue weighted by atomic mass is 9.84. The molecule has 12 heteroatoms. The summed E-state index contributed by atoms with van der Waals surface area (Å²) in [6.07, 6.45) is 12.2. The van der Waals surface area contributed by atoms with Gasteiger partial charge in [0.15, 0.2) is 5.78 Å². The number of thioether (sulfide) groups is 1. The molecule has 1 saturated carbocycles. The number of unbranched alkanes of at least 4 members (excludes halogenated alkanes) is 1. The van der Waals surface area contributed by atoms with Crippen LogP contribution in [0.2, 0.25) is 0 Å². The number of ketones is 1. The number of rotatable bonds is 18. The Kier molecular flexibility index (Phi) is 15.3. The molecule has 42 heavy (non-hydrogen) atoms. The first kappa shape index (κ1) is 35.5. The lowest BCUT2D eigenvalue weighted by Gasteiger charge is -2.27. The van der Waals surface area contributed by atoms with Crippen LogP contribution in [0.15, 0.2) is 53.1 Å². The van der Waals surface area contributed by atoms with Crippen LogP contribution in [0.5, 0.6) is 0 Å². The van der Waals surface area contributed by atoms with Crippen molar-refractivity contribution in [3.63, 3.8) is 0 Å². The molecule has 10 nitrogen and oxygen atoms in total. The van der Waals surface area contributed by atoms with Crippen molar-refractivity contribution in [3.05, 3.63) is 48.0 Å². The molecule has 1 heterocycles. The number of hydrogen-bond donors (Lipinski definition) is 2. The molecule has 2 rings (SSSR count). The SMILES string of the molecule is C=C(/C=C\SC)C(=O)N[C@@H](CC1CCCCC1)C(=O)NCC(C)C(=O)CN(CCCC)S(=O)(=O)c1cccc[n+]1OC. The predicted molar refractivity (Wildman–Crippen MR) is 165 cm³/mol. The third-order valence-corrected chi connectivity index (χ3v) is 9.67. The van der Waals surface area contributed by atoms with Crippen LogP contribution in [0.3, 0.4) is 0 Å². The van der Waals surface area contributed by atoms with E-state index in [0.717, 1.165) is 36.8 Å². The van der Waals surface area contributed by atoms with E-state index in [2.05, 4.69) is 17.2 Å². The first-order valence-electron chi connectivity index (χ1n) is 14.6. The lowest BCUT2D eigenvalue weighted by Crippen LogP contribution is -2.50. The van der Waals surface area contributed by atoms with Gasteiger partial charge in [-0.3, -0.25) is 19.2 Å². The second kappa shape index (κ2) is 18.1. The van der Waals surface area contributed by atoms with Crippen LogP contribution in [0.1, 0.15) is 65.2 Å². The first-order chi connectivity index (χ1) is 20.0. The molecule has 0 radical (unpaired) electrons. The van der Waals surface area contributed by atoms with Gasteiger partial charge in [-0.25, -0.2) is 8.42 Å². The summed E-state index contributed by atoms with van der Waals surface area (Å²) in [5.41, 5.74) is 0.260. The average molecular weight is 624 g/mol. The van der Waals surface area contributed by atoms with E-state index in [0.29, 0.717) is 18.8 Å². The highest BCUT2D eigenvalue weighted by Crippen LogP contribution is 2.27. The Morgan fingerprint density at radius 3 is 2.60 bits per heavy atom. The molecule has 1 aliphatic carbocycles. The zero-order valence-corrected chi connectivity index (χ0v) is 27.0. The Morgan fingerprint density at radius 2 is 1.95 bits per heavy atom. The Balaban J connectivity index is 2.10. The number of sulfonamides is 1. The van der Waals surface area contributed by atoms with Crippen molar-refractivity contribution in [1.82, 2.24) is 14.9 Å². The molecule has 0 aliphatic heterocycles. The van der Waals surface area contributed by atoms with E-state index in [-0.39, 0.29) is 41.9 Å². The van der Waals surface area contributed by atoms with E-state index in [9.17, 15) is 22.8 Å². The second-order valence-electron chi connectivity index (χ2n) is 10.7. The quantitative estimate of drug-likeness (QED) is 0.146. The van der Waals surface area contributed by atoms with Gasteiger partial charge in [0.05, 0.1) is 6.54 Å². The zero-order chi connectivity index (χ0) is 31.1. The van der Waals surface area contributed by atoms with Gasteiger partial charge in [-0.1, -0.05) is 59.0 Å². The fourth-order valence-electron chi connectivity index (χ4n) is 4.80. The molecule has 234 valence electrons. The number of aromatic nitrogens is 1. The smallest absolute Gasteiger partial charge is 0.354 e. The maximum absolute atomic E-state index is 13.5. The molecule has 0 saturated heterocycles. The zero-order valence-electron chi connectivity index (χ0n) is 25.3. The van der Waals surface area contributed by atoms with E-state index in [1.54, 1.807) is 30.5 Å². The van der Waals surface area contributed by atoms with E-state index in [1.807, 2.05) is 13.2 Å². The van der Waals surface area contributed by atoms with Gasteiger partial charge in [0.2, 0.25) is 12.1 Å². The Bertz CT molecular complexity index is 1200. The normalized spacial score (nSPS) is 15.7. The third kappa shape index (κ3) is 10.9. The van der Waals surface area contributed by atoms with Crippen LogP contribution in [-0.4, -0.2) is 69.4 Å². The highest BCUT2D eigenvalue weighted by molar-refractivity contribution is 8.01. The van der Waals surface area contributed by atoms with Crippen molar-refractivity contribution in [3.8, 4) is 0 Å². The Morgan fingerprint density at radius 1 is 1.24 bits per heavy atom. The highest BCUT2D eigenvalue weighted by Gasteiger charge is 2.36. The molecule has 1 aliphatic rings. The number of Topliss-reactive ketones (excluding diaryl/α,β-unsaturated/α-hetero) is 1. The molecular weight excluding hydrogens is 576 g/mol. The van der Waals surface area contributed by atoms with Crippen molar-refractivity contribution in [2.75, 3.05) is 33.0 Å². The van der Waals surface area contributed by atoms with Gasteiger partial charge in [-0.15, -0.1) is 11.8 Å². The van der Waals surface area contributed by atoms with Gasteiger partial charge in [0.25, 0.3) is 5.91 Å². The molecule has 2 amide bonds. The van der Waals surface area contributed by atoms with Crippen LogP contribution in [0.25, 0.3) is 0 Å². The lowest BCUT2D eigenvalue weighted by molar-refractivity contribution is -0.914. The molecule has 0 aromatic carbocycles. The summed E-state index contributed by atoms with van der Waals surface area (Å²) in [7, 11) is -2.67. The monoisotopic (exact) mass is 623 g/mol. The summed E-state index contributed by atoms with van der Waals surface area (Å²) in [5.74, 6) is -1.42. The minimum atomic E-state index is -4.03. The van der Waals surface area contributed by atoms with E-state index < -0.39 is 27.9 Å². The van der Waals surface area contributed by atoms with Crippen molar-refractivity contribution in [2.24, 2.45) is 11.8 Å². The Labute approximate surface area is 255 Å². The maximum atomic E-state index is 13.5. The summed E-state index contributed by atoms with van der Waals surface area (Å²) < 4.78 is 29.3. The van der Waals surface area contributed by atoms with E-state index >= 15 is 0 Å². The topological polar surface area (TPSA) is 126 Å². The predicted octanol–water partition coefficient (Wildman–Crippen LogP) is 3.03.